The van der Waals surface area contributed by atoms with Gasteiger partial charge in [0, 0.05) is 6.54 Å². The summed E-state index contributed by atoms with van der Waals surface area (Å²) in [5, 5.41) is 16.1. The molecule has 0 aromatic heterocycles. The highest BCUT2D eigenvalue weighted by molar-refractivity contribution is 5.80. The summed E-state index contributed by atoms with van der Waals surface area (Å²) in [4.78, 5) is 4.62. The van der Waals surface area contributed by atoms with Crippen LogP contribution in [0.1, 0.15) is 31.7 Å². The maximum atomic E-state index is 9.29. The minimum atomic E-state index is 0.284. The number of ether oxygens (including phenoxy) is 1. The second-order valence-corrected chi connectivity index (χ2v) is 5.72. The molecule has 5 heteroatoms. The van der Waals surface area contributed by atoms with Crippen molar-refractivity contribution < 1.29 is 9.84 Å². The van der Waals surface area contributed by atoms with Crippen molar-refractivity contribution in [1.82, 2.24) is 10.6 Å². The first kappa shape index (κ1) is 14.2. The van der Waals surface area contributed by atoms with Crippen molar-refractivity contribution in [2.45, 2.75) is 51.0 Å². The van der Waals surface area contributed by atoms with E-state index in [-0.39, 0.29) is 5.75 Å². The van der Waals surface area contributed by atoms with Crippen LogP contribution in [0.15, 0.2) is 29.3 Å². The molecule has 0 radical (unpaired) electrons. The van der Waals surface area contributed by atoms with E-state index >= 15 is 0 Å². The number of rotatable bonds is 4. The number of phenols is 1. The van der Waals surface area contributed by atoms with E-state index < -0.39 is 0 Å². The molecule has 3 atom stereocenters. The highest BCUT2D eigenvalue weighted by Gasteiger charge is 2.41. The van der Waals surface area contributed by atoms with Crippen LogP contribution in [-0.4, -0.2) is 35.9 Å². The molecule has 114 valence electrons. The Hall–Kier alpha value is -1.75. The first-order valence-electron chi connectivity index (χ1n) is 7.73. The Morgan fingerprint density at radius 3 is 2.76 bits per heavy atom. The molecule has 3 unspecified atom stereocenters. The lowest BCUT2D eigenvalue weighted by Gasteiger charge is -2.22. The lowest BCUT2D eigenvalue weighted by molar-refractivity contribution is 0.0992. The standard InChI is InChI=1S/C16H23N3O2/c1-2-17-16(18-10-11-3-5-12(20)6-4-11)19-14-9-13-7-8-15(14)21-13/h3-6,13-15,20H,2,7-10H2,1H3,(H2,17,18,19). The fourth-order valence-corrected chi connectivity index (χ4v) is 3.06. The van der Waals surface area contributed by atoms with Gasteiger partial charge in [0.1, 0.15) is 5.75 Å². The molecule has 2 aliphatic heterocycles. The van der Waals surface area contributed by atoms with Gasteiger partial charge in [0.15, 0.2) is 5.96 Å². The number of hydrogen-bond donors (Lipinski definition) is 3. The molecule has 1 aromatic carbocycles. The van der Waals surface area contributed by atoms with Gasteiger partial charge in [-0.2, -0.15) is 0 Å². The molecule has 0 saturated carbocycles. The topological polar surface area (TPSA) is 65.9 Å². The van der Waals surface area contributed by atoms with Crippen molar-refractivity contribution in [3.05, 3.63) is 29.8 Å². The number of nitrogens with zero attached hydrogens (tertiary/aromatic N) is 1. The van der Waals surface area contributed by atoms with E-state index in [1.54, 1.807) is 12.1 Å². The third kappa shape index (κ3) is 3.47. The van der Waals surface area contributed by atoms with Gasteiger partial charge >= 0.3 is 0 Å². The summed E-state index contributed by atoms with van der Waals surface area (Å²) < 4.78 is 5.87. The Bertz CT molecular complexity index is 501. The van der Waals surface area contributed by atoms with Crippen molar-refractivity contribution in [3.8, 4) is 5.75 Å². The summed E-state index contributed by atoms with van der Waals surface area (Å²) in [7, 11) is 0. The van der Waals surface area contributed by atoms with E-state index in [9.17, 15) is 5.11 Å². The SMILES string of the molecule is CCNC(=NCc1ccc(O)cc1)NC1CC2CCC1O2. The van der Waals surface area contributed by atoms with Crippen molar-refractivity contribution in [2.24, 2.45) is 4.99 Å². The normalized spacial score (nSPS) is 27.9. The molecule has 1 aromatic rings. The van der Waals surface area contributed by atoms with Gasteiger partial charge in [-0.15, -0.1) is 0 Å². The third-order valence-electron chi connectivity index (χ3n) is 4.13. The summed E-state index contributed by atoms with van der Waals surface area (Å²) in [6.07, 6.45) is 4.21. The van der Waals surface area contributed by atoms with Gasteiger partial charge in [-0.05, 0) is 43.9 Å². The zero-order chi connectivity index (χ0) is 14.7. The van der Waals surface area contributed by atoms with Gasteiger partial charge in [-0.1, -0.05) is 12.1 Å². The number of nitrogens with one attached hydrogen (secondary N) is 2. The Morgan fingerprint density at radius 2 is 2.14 bits per heavy atom. The molecule has 21 heavy (non-hydrogen) atoms. The molecule has 0 spiro atoms. The van der Waals surface area contributed by atoms with Crippen LogP contribution in [0.2, 0.25) is 0 Å². The minimum absolute atomic E-state index is 0.284. The smallest absolute Gasteiger partial charge is 0.191 e. The maximum absolute atomic E-state index is 9.29. The van der Waals surface area contributed by atoms with E-state index in [1.165, 1.54) is 6.42 Å². The highest BCUT2D eigenvalue weighted by Crippen LogP contribution is 2.34. The van der Waals surface area contributed by atoms with Crippen LogP contribution in [0, 0.1) is 0 Å². The molecule has 2 saturated heterocycles. The fraction of sp³-hybridized carbons (Fsp3) is 0.562. The highest BCUT2D eigenvalue weighted by atomic mass is 16.5. The molecular formula is C16H23N3O2. The van der Waals surface area contributed by atoms with E-state index in [0.717, 1.165) is 30.9 Å². The second-order valence-electron chi connectivity index (χ2n) is 5.72. The molecule has 0 aliphatic carbocycles. The van der Waals surface area contributed by atoms with Crippen LogP contribution >= 0.6 is 0 Å². The van der Waals surface area contributed by atoms with Gasteiger partial charge in [-0.3, -0.25) is 0 Å². The number of benzene rings is 1. The largest absolute Gasteiger partial charge is 0.508 e. The zero-order valence-corrected chi connectivity index (χ0v) is 12.4. The molecule has 2 heterocycles. The molecular weight excluding hydrogens is 266 g/mol. The van der Waals surface area contributed by atoms with Crippen LogP contribution < -0.4 is 10.6 Å². The fourth-order valence-electron chi connectivity index (χ4n) is 3.06. The number of phenolic OH excluding ortho intramolecular Hbond substituents is 1. The third-order valence-corrected chi connectivity index (χ3v) is 4.13. The Labute approximate surface area is 125 Å². The number of hydrogen-bond acceptors (Lipinski definition) is 3. The molecule has 2 aliphatic rings. The van der Waals surface area contributed by atoms with Crippen LogP contribution in [0.4, 0.5) is 0 Å². The van der Waals surface area contributed by atoms with Crippen molar-refractivity contribution in [1.29, 1.82) is 0 Å². The first-order valence-corrected chi connectivity index (χ1v) is 7.73. The average Bonchev–Trinajstić information content (AvgIpc) is 3.09. The maximum Gasteiger partial charge on any atom is 0.191 e. The number of aromatic hydroxyl groups is 1. The monoisotopic (exact) mass is 289 g/mol. The average molecular weight is 289 g/mol. The first-order chi connectivity index (χ1) is 10.2. The predicted octanol–water partition coefficient (Wildman–Crippen LogP) is 1.77. The van der Waals surface area contributed by atoms with Gasteiger partial charge in [0.2, 0.25) is 0 Å². The quantitative estimate of drug-likeness (QED) is 0.584. The summed E-state index contributed by atoms with van der Waals surface area (Å²) in [6.45, 7) is 3.50. The summed E-state index contributed by atoms with van der Waals surface area (Å²) in [5.41, 5.74) is 1.08. The molecule has 3 N–H and O–H groups in total. The van der Waals surface area contributed by atoms with E-state index in [2.05, 4.69) is 22.5 Å². The molecule has 2 bridgehead atoms. The van der Waals surface area contributed by atoms with Gasteiger partial charge in [-0.25, -0.2) is 4.99 Å². The number of aliphatic imine (C=N–C) groups is 1. The predicted molar refractivity (Wildman–Crippen MR) is 82.4 cm³/mol. The lowest BCUT2D eigenvalue weighted by atomic mass is 9.96. The summed E-state index contributed by atoms with van der Waals surface area (Å²) in [5.74, 6) is 1.12. The summed E-state index contributed by atoms with van der Waals surface area (Å²) >= 11 is 0. The van der Waals surface area contributed by atoms with E-state index in [1.807, 2.05) is 12.1 Å². The number of fused-ring (bicyclic) bond motifs is 2. The van der Waals surface area contributed by atoms with Crippen molar-refractivity contribution >= 4 is 5.96 Å². The van der Waals surface area contributed by atoms with Crippen molar-refractivity contribution in [3.63, 3.8) is 0 Å². The lowest BCUT2D eigenvalue weighted by Crippen LogP contribution is -2.47. The molecule has 5 nitrogen and oxygen atoms in total. The van der Waals surface area contributed by atoms with Gasteiger partial charge in [0.05, 0.1) is 24.8 Å². The van der Waals surface area contributed by atoms with E-state index in [4.69, 9.17) is 4.74 Å². The second kappa shape index (κ2) is 6.35. The van der Waals surface area contributed by atoms with Gasteiger partial charge in [0.25, 0.3) is 0 Å². The van der Waals surface area contributed by atoms with Crippen LogP contribution in [0.25, 0.3) is 0 Å². The Kier molecular flexibility index (Phi) is 4.29. The Balaban J connectivity index is 1.60. The number of guanidine groups is 1. The Morgan fingerprint density at radius 1 is 1.33 bits per heavy atom. The van der Waals surface area contributed by atoms with Crippen LogP contribution in [-0.2, 0) is 11.3 Å². The van der Waals surface area contributed by atoms with Gasteiger partial charge < -0.3 is 20.5 Å². The molecule has 2 fully saturated rings. The molecule has 0 amide bonds. The van der Waals surface area contributed by atoms with Crippen molar-refractivity contribution in [2.75, 3.05) is 6.54 Å². The zero-order valence-electron chi connectivity index (χ0n) is 12.4. The van der Waals surface area contributed by atoms with Crippen LogP contribution in [0.5, 0.6) is 5.75 Å². The molecule has 3 rings (SSSR count). The van der Waals surface area contributed by atoms with Crippen LogP contribution in [0.3, 0.4) is 0 Å². The minimum Gasteiger partial charge on any atom is -0.508 e. The van der Waals surface area contributed by atoms with E-state index in [0.29, 0.717) is 24.8 Å². The summed E-state index contributed by atoms with van der Waals surface area (Å²) in [6, 6.07) is 7.54.